The molecule has 11 aromatic rings. The zero-order chi connectivity index (χ0) is 39.1. The summed E-state index contributed by atoms with van der Waals surface area (Å²) in [7, 11) is 0. The summed E-state index contributed by atoms with van der Waals surface area (Å²) in [5, 5.41) is 10.1. The first-order valence-corrected chi connectivity index (χ1v) is 20.3. The van der Waals surface area contributed by atoms with Gasteiger partial charge in [0.25, 0.3) is 0 Å². The normalized spacial score (nSPS) is 11.4. The van der Waals surface area contributed by atoms with E-state index in [1.807, 2.05) is 0 Å². The van der Waals surface area contributed by atoms with Gasteiger partial charge in [0.1, 0.15) is 0 Å². The molecule has 0 bridgehead atoms. The predicted octanol–water partition coefficient (Wildman–Crippen LogP) is 16.4. The molecule has 0 heterocycles. The minimum absolute atomic E-state index is 1.10. The molecule has 0 spiro atoms. The van der Waals surface area contributed by atoms with Crippen LogP contribution in [0.25, 0.3) is 87.6 Å². The summed E-state index contributed by atoms with van der Waals surface area (Å²) in [5.74, 6) is 0. The van der Waals surface area contributed by atoms with Gasteiger partial charge in [0, 0.05) is 17.1 Å². The molecule has 0 aliphatic heterocycles. The number of nitrogens with zero attached hydrogens (tertiary/aromatic N) is 1. The maximum absolute atomic E-state index is 2.39. The second-order valence-corrected chi connectivity index (χ2v) is 15.3. The van der Waals surface area contributed by atoms with Crippen LogP contribution in [-0.4, -0.2) is 0 Å². The smallest absolute Gasteiger partial charge is 0.0468 e. The van der Waals surface area contributed by atoms with Crippen LogP contribution in [0, 0.1) is 0 Å². The van der Waals surface area contributed by atoms with Crippen LogP contribution in [0.3, 0.4) is 0 Å². The van der Waals surface area contributed by atoms with E-state index < -0.39 is 0 Å². The summed E-state index contributed by atoms with van der Waals surface area (Å²) in [4.78, 5) is 2.39. The van der Waals surface area contributed by atoms with Gasteiger partial charge in [-0.15, -0.1) is 0 Å². The van der Waals surface area contributed by atoms with Crippen LogP contribution in [-0.2, 0) is 0 Å². The van der Waals surface area contributed by atoms with Gasteiger partial charge in [-0.3, -0.25) is 0 Å². The van der Waals surface area contributed by atoms with E-state index in [1.54, 1.807) is 0 Å². The van der Waals surface area contributed by atoms with Crippen LogP contribution >= 0.6 is 0 Å². The molecule has 0 saturated heterocycles. The highest BCUT2D eigenvalue weighted by Gasteiger charge is 2.17. The summed E-state index contributed by atoms with van der Waals surface area (Å²) < 4.78 is 0. The van der Waals surface area contributed by atoms with E-state index in [-0.39, 0.29) is 0 Å². The maximum atomic E-state index is 2.39. The SMILES string of the molecule is c1ccc(-c2ccc(-c3ccccc3)c(-c3ccc(N(c4ccc(-c5cc6ccccc6c6ccccc56)cc4)c4ccc5c(ccc6ccccc65)c4)cc3)c2)cc1. The van der Waals surface area contributed by atoms with Crippen LogP contribution in [0.4, 0.5) is 17.1 Å². The topological polar surface area (TPSA) is 3.24 Å². The third-order valence-corrected chi connectivity index (χ3v) is 11.8. The number of anilines is 3. The van der Waals surface area contributed by atoms with Crippen LogP contribution in [0.5, 0.6) is 0 Å². The predicted molar refractivity (Wildman–Crippen MR) is 253 cm³/mol. The maximum Gasteiger partial charge on any atom is 0.0468 e. The van der Waals surface area contributed by atoms with Gasteiger partial charge in [-0.05, 0) is 136 Å². The number of benzene rings is 11. The fourth-order valence-corrected chi connectivity index (χ4v) is 8.92. The Labute approximate surface area is 344 Å². The Hall–Kier alpha value is -7.74. The minimum atomic E-state index is 1.10. The fraction of sp³-hybridized carbons (Fsp3) is 0. The summed E-state index contributed by atoms with van der Waals surface area (Å²) >= 11 is 0. The first kappa shape index (κ1) is 34.5. The molecule has 0 aliphatic rings. The third-order valence-electron chi connectivity index (χ3n) is 11.8. The lowest BCUT2D eigenvalue weighted by Crippen LogP contribution is -2.10. The van der Waals surface area contributed by atoms with Crippen molar-refractivity contribution >= 4 is 60.2 Å². The average molecular weight is 750 g/mol. The van der Waals surface area contributed by atoms with Gasteiger partial charge in [0.05, 0.1) is 0 Å². The van der Waals surface area contributed by atoms with Crippen LogP contribution < -0.4 is 4.90 Å². The van der Waals surface area contributed by atoms with Gasteiger partial charge in [-0.1, -0.05) is 188 Å². The lowest BCUT2D eigenvalue weighted by Gasteiger charge is -2.26. The third kappa shape index (κ3) is 6.30. The van der Waals surface area contributed by atoms with Gasteiger partial charge < -0.3 is 4.90 Å². The van der Waals surface area contributed by atoms with Crippen molar-refractivity contribution in [3.8, 4) is 44.5 Å². The highest BCUT2D eigenvalue weighted by molar-refractivity contribution is 6.14. The standard InChI is InChI=1S/C58H39N/c1-3-13-40(14-4-1)45-29-35-53(41-15-5-2-6-16-41)57(38-45)43-25-30-48(31-26-43)59(50-34-36-54-47(37-50)24-23-42-17-7-9-19-51(42)54)49-32-27-44(28-33-49)58-39-46-18-8-10-20-52(46)55-21-11-12-22-56(55)58/h1-39H. The zero-order valence-electron chi connectivity index (χ0n) is 32.5. The molecule has 0 saturated carbocycles. The van der Waals surface area contributed by atoms with E-state index in [0.29, 0.717) is 0 Å². The fourth-order valence-electron chi connectivity index (χ4n) is 8.92. The summed E-state index contributed by atoms with van der Waals surface area (Å²) in [6, 6.07) is 86.2. The van der Waals surface area contributed by atoms with Gasteiger partial charge in [-0.25, -0.2) is 0 Å². The lowest BCUT2D eigenvalue weighted by atomic mass is 9.91. The van der Waals surface area contributed by atoms with Crippen molar-refractivity contribution in [3.05, 3.63) is 237 Å². The second kappa shape index (κ2) is 14.6. The summed E-state index contributed by atoms with van der Waals surface area (Å²) in [5.41, 5.74) is 13.0. The average Bonchev–Trinajstić information content (AvgIpc) is 3.32. The molecular weight excluding hydrogens is 711 g/mol. The van der Waals surface area contributed by atoms with Crippen molar-refractivity contribution < 1.29 is 0 Å². The first-order chi connectivity index (χ1) is 29.2. The van der Waals surface area contributed by atoms with Crippen molar-refractivity contribution in [1.82, 2.24) is 0 Å². The van der Waals surface area contributed by atoms with E-state index in [9.17, 15) is 0 Å². The molecule has 0 amide bonds. The van der Waals surface area contributed by atoms with E-state index in [4.69, 9.17) is 0 Å². The summed E-state index contributed by atoms with van der Waals surface area (Å²) in [6.07, 6.45) is 0. The van der Waals surface area contributed by atoms with Crippen LogP contribution in [0.15, 0.2) is 237 Å². The van der Waals surface area contributed by atoms with Crippen LogP contribution in [0.1, 0.15) is 0 Å². The molecule has 11 rings (SSSR count). The van der Waals surface area contributed by atoms with Crippen LogP contribution in [0.2, 0.25) is 0 Å². The Morgan fingerprint density at radius 2 is 0.661 bits per heavy atom. The zero-order valence-corrected chi connectivity index (χ0v) is 32.5. The summed E-state index contributed by atoms with van der Waals surface area (Å²) in [6.45, 7) is 0. The Morgan fingerprint density at radius 3 is 1.36 bits per heavy atom. The van der Waals surface area contributed by atoms with Crippen molar-refractivity contribution in [2.75, 3.05) is 4.90 Å². The highest BCUT2D eigenvalue weighted by Crippen LogP contribution is 2.42. The number of hydrogen-bond acceptors (Lipinski definition) is 1. The first-order valence-electron chi connectivity index (χ1n) is 20.3. The monoisotopic (exact) mass is 749 g/mol. The number of fused-ring (bicyclic) bond motifs is 6. The Balaban J connectivity index is 1.04. The van der Waals surface area contributed by atoms with E-state index in [0.717, 1.165) is 17.1 Å². The van der Waals surface area contributed by atoms with E-state index in [1.165, 1.54) is 87.6 Å². The molecule has 1 heteroatoms. The molecule has 0 atom stereocenters. The Kier molecular flexibility index (Phi) is 8.56. The molecule has 0 aliphatic carbocycles. The second-order valence-electron chi connectivity index (χ2n) is 15.3. The largest absolute Gasteiger partial charge is 0.310 e. The molecule has 59 heavy (non-hydrogen) atoms. The van der Waals surface area contributed by atoms with Crippen molar-refractivity contribution in [2.45, 2.75) is 0 Å². The van der Waals surface area contributed by atoms with Gasteiger partial charge in [-0.2, -0.15) is 0 Å². The molecule has 1 nitrogen and oxygen atoms in total. The lowest BCUT2D eigenvalue weighted by molar-refractivity contribution is 1.29. The van der Waals surface area contributed by atoms with Crippen molar-refractivity contribution in [3.63, 3.8) is 0 Å². The molecule has 0 aromatic heterocycles. The Bertz CT molecular complexity index is 3290. The molecule has 0 unspecified atom stereocenters. The molecular formula is C58H39N. The molecule has 0 fully saturated rings. The molecule has 0 N–H and O–H groups in total. The van der Waals surface area contributed by atoms with Crippen molar-refractivity contribution in [2.24, 2.45) is 0 Å². The minimum Gasteiger partial charge on any atom is -0.310 e. The molecule has 276 valence electrons. The quantitative estimate of drug-likeness (QED) is 0.147. The molecule has 0 radical (unpaired) electrons. The van der Waals surface area contributed by atoms with E-state index in [2.05, 4.69) is 241 Å². The van der Waals surface area contributed by atoms with Gasteiger partial charge in [0.2, 0.25) is 0 Å². The Morgan fingerprint density at radius 1 is 0.203 bits per heavy atom. The number of hydrogen-bond donors (Lipinski definition) is 0. The van der Waals surface area contributed by atoms with E-state index >= 15 is 0 Å². The van der Waals surface area contributed by atoms with Gasteiger partial charge in [0.15, 0.2) is 0 Å². The molecule has 11 aromatic carbocycles. The number of rotatable bonds is 7. The van der Waals surface area contributed by atoms with Gasteiger partial charge >= 0.3 is 0 Å². The highest BCUT2D eigenvalue weighted by atomic mass is 15.1. The van der Waals surface area contributed by atoms with Crippen molar-refractivity contribution in [1.29, 1.82) is 0 Å².